The van der Waals surface area contributed by atoms with Gasteiger partial charge in [-0.2, -0.15) is 0 Å². The summed E-state index contributed by atoms with van der Waals surface area (Å²) in [7, 11) is 0. The number of nitrogens with zero attached hydrogens (tertiary/aromatic N) is 1. The standard InChI is InChI=1S/C12H13NO4/c14-11(15)8-10-12(16)13(6-7-17-10)9-4-2-1-3-5-9/h1-5,10H,6-8H2,(H,14,15). The first kappa shape index (κ1) is 11.6. The van der Waals surface area contributed by atoms with Gasteiger partial charge in [0.2, 0.25) is 0 Å². The molecule has 1 fully saturated rings. The van der Waals surface area contributed by atoms with Crippen LogP contribution in [0.3, 0.4) is 0 Å². The Hall–Kier alpha value is -1.88. The number of carboxylic acids is 1. The zero-order chi connectivity index (χ0) is 12.3. The topological polar surface area (TPSA) is 66.8 Å². The number of ether oxygens (including phenoxy) is 1. The molecule has 0 aromatic heterocycles. The maximum Gasteiger partial charge on any atom is 0.306 e. The molecule has 0 bridgehead atoms. The largest absolute Gasteiger partial charge is 0.481 e. The molecule has 0 aliphatic carbocycles. The molecule has 2 rings (SSSR count). The van der Waals surface area contributed by atoms with Crippen molar-refractivity contribution in [1.82, 2.24) is 0 Å². The van der Waals surface area contributed by atoms with Crippen molar-refractivity contribution >= 4 is 17.6 Å². The lowest BCUT2D eigenvalue weighted by atomic mass is 10.1. The Morgan fingerprint density at radius 3 is 2.76 bits per heavy atom. The Morgan fingerprint density at radius 1 is 1.41 bits per heavy atom. The van der Waals surface area contributed by atoms with Crippen LogP contribution in [-0.2, 0) is 14.3 Å². The van der Waals surface area contributed by atoms with Gasteiger partial charge in [-0.15, -0.1) is 0 Å². The van der Waals surface area contributed by atoms with E-state index in [1.54, 1.807) is 4.90 Å². The molecule has 1 N–H and O–H groups in total. The first-order valence-corrected chi connectivity index (χ1v) is 5.38. The molecule has 90 valence electrons. The van der Waals surface area contributed by atoms with E-state index in [0.717, 1.165) is 5.69 Å². The zero-order valence-electron chi connectivity index (χ0n) is 9.20. The molecule has 0 saturated carbocycles. The average molecular weight is 235 g/mol. The zero-order valence-corrected chi connectivity index (χ0v) is 9.20. The van der Waals surface area contributed by atoms with Crippen LogP contribution in [0.15, 0.2) is 30.3 Å². The van der Waals surface area contributed by atoms with Crippen molar-refractivity contribution < 1.29 is 19.4 Å². The van der Waals surface area contributed by atoms with Crippen molar-refractivity contribution in [2.45, 2.75) is 12.5 Å². The van der Waals surface area contributed by atoms with Crippen LogP contribution in [0.1, 0.15) is 6.42 Å². The number of benzene rings is 1. The van der Waals surface area contributed by atoms with Crippen molar-refractivity contribution in [3.05, 3.63) is 30.3 Å². The Labute approximate surface area is 98.6 Å². The molecule has 5 nitrogen and oxygen atoms in total. The second-order valence-corrected chi connectivity index (χ2v) is 3.78. The summed E-state index contributed by atoms with van der Waals surface area (Å²) in [6, 6.07) is 9.18. The highest BCUT2D eigenvalue weighted by atomic mass is 16.5. The highest BCUT2D eigenvalue weighted by Gasteiger charge is 2.31. The number of anilines is 1. The number of hydrogen-bond donors (Lipinski definition) is 1. The fourth-order valence-electron chi connectivity index (χ4n) is 1.81. The predicted octanol–water partition coefficient (Wildman–Crippen LogP) is 0.893. The molecule has 1 atom stereocenters. The minimum atomic E-state index is -1.03. The fraction of sp³-hybridized carbons (Fsp3) is 0.333. The number of amides is 1. The summed E-state index contributed by atoms with van der Waals surface area (Å²) in [6.45, 7) is 0.817. The molecule has 1 aromatic rings. The van der Waals surface area contributed by atoms with E-state index in [9.17, 15) is 9.59 Å². The van der Waals surface area contributed by atoms with Gasteiger partial charge in [0.1, 0.15) is 6.10 Å². The molecule has 17 heavy (non-hydrogen) atoms. The van der Waals surface area contributed by atoms with Crippen LogP contribution in [0.4, 0.5) is 5.69 Å². The number of carboxylic acid groups (broad SMARTS) is 1. The third-order valence-electron chi connectivity index (χ3n) is 2.60. The van der Waals surface area contributed by atoms with Gasteiger partial charge < -0.3 is 14.7 Å². The lowest BCUT2D eigenvalue weighted by molar-refractivity contribution is -0.147. The Bertz CT molecular complexity index is 418. The van der Waals surface area contributed by atoms with Crippen molar-refractivity contribution in [2.75, 3.05) is 18.1 Å². The fourth-order valence-corrected chi connectivity index (χ4v) is 1.81. The lowest BCUT2D eigenvalue weighted by Crippen LogP contribution is -2.48. The number of carbonyl (C=O) groups excluding carboxylic acids is 1. The maximum absolute atomic E-state index is 12.0. The Balaban J connectivity index is 2.14. The van der Waals surface area contributed by atoms with Gasteiger partial charge >= 0.3 is 5.97 Å². The second kappa shape index (κ2) is 4.97. The van der Waals surface area contributed by atoms with Crippen LogP contribution in [0.25, 0.3) is 0 Å². The van der Waals surface area contributed by atoms with Gasteiger partial charge in [-0.3, -0.25) is 9.59 Å². The molecular formula is C12H13NO4. The molecule has 1 saturated heterocycles. The number of para-hydroxylation sites is 1. The quantitative estimate of drug-likeness (QED) is 0.845. The molecule has 1 amide bonds. The van der Waals surface area contributed by atoms with E-state index in [2.05, 4.69) is 0 Å². The van der Waals surface area contributed by atoms with E-state index < -0.39 is 12.1 Å². The SMILES string of the molecule is O=C(O)CC1OCCN(c2ccccc2)C1=O. The number of rotatable bonds is 3. The second-order valence-electron chi connectivity index (χ2n) is 3.78. The number of aliphatic carboxylic acids is 1. The third kappa shape index (κ3) is 2.62. The summed E-state index contributed by atoms with van der Waals surface area (Å²) in [6.07, 6.45) is -1.16. The molecule has 0 radical (unpaired) electrons. The smallest absolute Gasteiger partial charge is 0.306 e. The van der Waals surface area contributed by atoms with Crippen LogP contribution in [0, 0.1) is 0 Å². The lowest BCUT2D eigenvalue weighted by Gasteiger charge is -2.31. The summed E-state index contributed by atoms with van der Waals surface area (Å²) >= 11 is 0. The number of morpholine rings is 1. The summed E-state index contributed by atoms with van der Waals surface area (Å²) in [5.74, 6) is -1.32. The summed E-state index contributed by atoms with van der Waals surface area (Å²) in [4.78, 5) is 24.2. The molecule has 1 unspecified atom stereocenters. The van der Waals surface area contributed by atoms with Crippen molar-refractivity contribution in [3.8, 4) is 0 Å². The molecule has 1 aliphatic heterocycles. The molecule has 5 heteroatoms. The average Bonchev–Trinajstić information content (AvgIpc) is 2.32. The minimum absolute atomic E-state index is 0.287. The van der Waals surface area contributed by atoms with Gasteiger partial charge in [-0.1, -0.05) is 18.2 Å². The minimum Gasteiger partial charge on any atom is -0.481 e. The van der Waals surface area contributed by atoms with Crippen LogP contribution >= 0.6 is 0 Å². The highest BCUT2D eigenvalue weighted by molar-refractivity contribution is 5.98. The van der Waals surface area contributed by atoms with Gasteiger partial charge in [-0.05, 0) is 12.1 Å². The Morgan fingerprint density at radius 2 is 2.12 bits per heavy atom. The van der Waals surface area contributed by atoms with E-state index in [4.69, 9.17) is 9.84 Å². The summed E-state index contributed by atoms with van der Waals surface area (Å²) in [5, 5.41) is 8.69. The van der Waals surface area contributed by atoms with Crippen molar-refractivity contribution in [2.24, 2.45) is 0 Å². The third-order valence-corrected chi connectivity index (χ3v) is 2.60. The van der Waals surface area contributed by atoms with Crippen molar-refractivity contribution in [1.29, 1.82) is 0 Å². The number of carbonyl (C=O) groups is 2. The molecule has 1 heterocycles. The van der Waals surface area contributed by atoms with Gasteiger partial charge in [0.15, 0.2) is 0 Å². The molecular weight excluding hydrogens is 222 g/mol. The first-order chi connectivity index (χ1) is 8.18. The van der Waals surface area contributed by atoms with Crippen molar-refractivity contribution in [3.63, 3.8) is 0 Å². The van der Waals surface area contributed by atoms with Gasteiger partial charge in [-0.25, -0.2) is 0 Å². The summed E-state index contributed by atoms with van der Waals surface area (Å²) < 4.78 is 5.18. The highest BCUT2D eigenvalue weighted by Crippen LogP contribution is 2.19. The maximum atomic E-state index is 12.0. The van der Waals surface area contributed by atoms with E-state index in [1.807, 2.05) is 30.3 Å². The molecule has 0 spiro atoms. The van der Waals surface area contributed by atoms with Crippen LogP contribution < -0.4 is 4.90 Å². The van der Waals surface area contributed by atoms with Crippen LogP contribution in [0.2, 0.25) is 0 Å². The normalized spacial score (nSPS) is 20.4. The number of hydrogen-bond acceptors (Lipinski definition) is 3. The van der Waals surface area contributed by atoms with Crippen LogP contribution in [-0.4, -0.2) is 36.2 Å². The van der Waals surface area contributed by atoms with Gasteiger partial charge in [0.05, 0.1) is 13.0 Å². The van der Waals surface area contributed by atoms with E-state index >= 15 is 0 Å². The van der Waals surface area contributed by atoms with Crippen LogP contribution in [0.5, 0.6) is 0 Å². The molecule has 1 aromatic carbocycles. The molecule has 1 aliphatic rings. The monoisotopic (exact) mass is 235 g/mol. The van der Waals surface area contributed by atoms with E-state index in [1.165, 1.54) is 0 Å². The van der Waals surface area contributed by atoms with E-state index in [-0.39, 0.29) is 12.3 Å². The van der Waals surface area contributed by atoms with Gasteiger partial charge in [0.25, 0.3) is 5.91 Å². The van der Waals surface area contributed by atoms with E-state index in [0.29, 0.717) is 13.2 Å². The summed E-state index contributed by atoms with van der Waals surface area (Å²) in [5.41, 5.74) is 0.774. The first-order valence-electron chi connectivity index (χ1n) is 5.38. The Kier molecular flexibility index (Phi) is 3.39. The van der Waals surface area contributed by atoms with Gasteiger partial charge in [0, 0.05) is 12.2 Å². The predicted molar refractivity (Wildman–Crippen MR) is 60.8 cm³/mol.